The van der Waals surface area contributed by atoms with Gasteiger partial charge in [0.15, 0.2) is 17.9 Å². The van der Waals surface area contributed by atoms with Gasteiger partial charge in [0.05, 0.1) is 25.1 Å². The maximum atomic E-state index is 5.76. The molecule has 0 unspecified atom stereocenters. The number of hydrogen-bond acceptors (Lipinski definition) is 6. The van der Waals surface area contributed by atoms with Gasteiger partial charge in [0.2, 0.25) is 0 Å². The second-order valence-electron chi connectivity index (χ2n) is 5.30. The molecular weight excluding hydrogens is 318 g/mol. The zero-order valence-corrected chi connectivity index (χ0v) is 13.5. The molecule has 0 saturated carbocycles. The lowest BCUT2D eigenvalue weighted by molar-refractivity contribution is 0.415. The van der Waals surface area contributed by atoms with Crippen LogP contribution in [0.25, 0.3) is 22.6 Å². The topological polar surface area (TPSA) is 73.3 Å². The Bertz CT molecular complexity index is 963. The summed E-state index contributed by atoms with van der Waals surface area (Å²) in [5.41, 5.74) is 2.59. The summed E-state index contributed by atoms with van der Waals surface area (Å²) in [7, 11) is 1.61. The summed E-state index contributed by atoms with van der Waals surface area (Å²) >= 11 is 0. The van der Waals surface area contributed by atoms with Gasteiger partial charge < -0.3 is 18.9 Å². The van der Waals surface area contributed by atoms with Crippen LogP contribution in [0.5, 0.6) is 5.75 Å². The first-order valence-electron chi connectivity index (χ1n) is 7.68. The molecule has 2 heterocycles. The molecular formula is C19H15N3O3. The summed E-state index contributed by atoms with van der Waals surface area (Å²) in [6.45, 7) is 0. The van der Waals surface area contributed by atoms with E-state index in [9.17, 15) is 0 Å². The number of rotatable bonds is 5. The highest BCUT2D eigenvalue weighted by Gasteiger charge is 2.11. The molecule has 2 aromatic carbocycles. The molecule has 0 aliphatic carbocycles. The molecule has 0 spiro atoms. The number of oxazole rings is 2. The average molecular weight is 333 g/mol. The number of anilines is 2. The van der Waals surface area contributed by atoms with Crippen LogP contribution >= 0.6 is 0 Å². The van der Waals surface area contributed by atoms with Gasteiger partial charge in [0, 0.05) is 17.3 Å². The number of nitrogens with one attached hydrogen (secondary N) is 1. The monoisotopic (exact) mass is 333 g/mol. The van der Waals surface area contributed by atoms with E-state index in [-0.39, 0.29) is 0 Å². The lowest BCUT2D eigenvalue weighted by atomic mass is 10.1. The van der Waals surface area contributed by atoms with E-state index < -0.39 is 0 Å². The van der Waals surface area contributed by atoms with E-state index in [2.05, 4.69) is 15.3 Å². The van der Waals surface area contributed by atoms with E-state index in [1.165, 1.54) is 6.39 Å². The van der Waals surface area contributed by atoms with Gasteiger partial charge in [-0.05, 0) is 12.1 Å². The van der Waals surface area contributed by atoms with Crippen molar-refractivity contribution in [2.45, 2.75) is 0 Å². The number of hydrogen-bond donors (Lipinski definition) is 1. The molecule has 124 valence electrons. The third kappa shape index (κ3) is 3.10. The van der Waals surface area contributed by atoms with E-state index in [4.69, 9.17) is 13.6 Å². The van der Waals surface area contributed by atoms with Crippen LogP contribution in [0.15, 0.2) is 76.2 Å². The van der Waals surface area contributed by atoms with Gasteiger partial charge in [0.1, 0.15) is 5.75 Å². The summed E-state index contributed by atoms with van der Waals surface area (Å²) in [5, 5.41) is 3.14. The van der Waals surface area contributed by atoms with Crippen LogP contribution in [-0.2, 0) is 0 Å². The Labute approximate surface area is 144 Å². The molecule has 25 heavy (non-hydrogen) atoms. The lowest BCUT2D eigenvalue weighted by Crippen LogP contribution is -1.93. The van der Waals surface area contributed by atoms with Crippen LogP contribution in [0.1, 0.15) is 0 Å². The molecule has 0 atom stereocenters. The molecule has 4 rings (SSSR count). The first-order valence-corrected chi connectivity index (χ1v) is 7.68. The third-order valence-corrected chi connectivity index (χ3v) is 3.71. The minimum absolute atomic E-state index is 0.410. The molecule has 1 N–H and O–H groups in total. The van der Waals surface area contributed by atoms with Crippen molar-refractivity contribution in [1.82, 2.24) is 9.97 Å². The van der Waals surface area contributed by atoms with Crippen LogP contribution < -0.4 is 10.1 Å². The Kier molecular flexibility index (Phi) is 3.92. The van der Waals surface area contributed by atoms with Crippen molar-refractivity contribution < 1.29 is 13.6 Å². The lowest BCUT2D eigenvalue weighted by Gasteiger charge is -2.09. The molecule has 0 saturated heterocycles. The molecule has 0 bridgehead atoms. The predicted octanol–water partition coefficient (Wildman–Crippen LogP) is 4.75. The van der Waals surface area contributed by atoms with Crippen LogP contribution in [0.3, 0.4) is 0 Å². The van der Waals surface area contributed by atoms with E-state index in [1.807, 2.05) is 48.5 Å². The van der Waals surface area contributed by atoms with Gasteiger partial charge in [-0.15, -0.1) is 0 Å². The highest BCUT2D eigenvalue weighted by Crippen LogP contribution is 2.33. The Morgan fingerprint density at radius 1 is 1.00 bits per heavy atom. The molecule has 2 aromatic heterocycles. The van der Waals surface area contributed by atoms with E-state index >= 15 is 0 Å². The van der Waals surface area contributed by atoms with Gasteiger partial charge in [-0.25, -0.2) is 9.97 Å². The smallest absolute Gasteiger partial charge is 0.299 e. The molecule has 0 aliphatic rings. The standard InChI is InChI=1S/C19H15N3O3/c1-23-16-9-14(7-8-15(16)18-10-20-12-24-18)22-19-21-11-17(25-19)13-5-3-2-4-6-13/h2-12H,1H3,(H,21,22). The van der Waals surface area contributed by atoms with Crippen LogP contribution in [0, 0.1) is 0 Å². The van der Waals surface area contributed by atoms with Gasteiger partial charge in [-0.3, -0.25) is 0 Å². The van der Waals surface area contributed by atoms with Gasteiger partial charge >= 0.3 is 0 Å². The quantitative estimate of drug-likeness (QED) is 0.568. The second-order valence-corrected chi connectivity index (χ2v) is 5.30. The number of nitrogens with zero attached hydrogens (tertiary/aromatic N) is 2. The van der Waals surface area contributed by atoms with Crippen molar-refractivity contribution in [3.05, 3.63) is 67.3 Å². The minimum atomic E-state index is 0.410. The van der Waals surface area contributed by atoms with Gasteiger partial charge in [-0.1, -0.05) is 30.3 Å². The predicted molar refractivity (Wildman–Crippen MR) is 93.7 cm³/mol. The number of benzene rings is 2. The highest BCUT2D eigenvalue weighted by molar-refractivity contribution is 5.71. The van der Waals surface area contributed by atoms with Crippen molar-refractivity contribution in [1.29, 1.82) is 0 Å². The molecule has 0 aliphatic heterocycles. The molecule has 0 radical (unpaired) electrons. The second kappa shape index (κ2) is 6.52. The molecule has 4 aromatic rings. The Morgan fingerprint density at radius 3 is 2.64 bits per heavy atom. The Hall–Kier alpha value is -3.54. The largest absolute Gasteiger partial charge is 0.496 e. The highest BCUT2D eigenvalue weighted by atomic mass is 16.5. The fourth-order valence-electron chi connectivity index (χ4n) is 2.51. The average Bonchev–Trinajstić information content (AvgIpc) is 3.34. The molecule has 0 fully saturated rings. The Morgan fingerprint density at radius 2 is 1.88 bits per heavy atom. The van der Waals surface area contributed by atoms with Gasteiger partial charge in [-0.2, -0.15) is 0 Å². The zero-order chi connectivity index (χ0) is 17.1. The SMILES string of the molecule is COc1cc(Nc2ncc(-c3ccccc3)o2)ccc1-c1cnco1. The minimum Gasteiger partial charge on any atom is -0.496 e. The van der Waals surface area contributed by atoms with Crippen molar-refractivity contribution in [3.8, 4) is 28.4 Å². The van der Waals surface area contributed by atoms with E-state index in [1.54, 1.807) is 19.5 Å². The normalized spacial score (nSPS) is 10.6. The molecule has 0 amide bonds. The fourth-order valence-corrected chi connectivity index (χ4v) is 2.51. The first kappa shape index (κ1) is 15.0. The fraction of sp³-hybridized carbons (Fsp3) is 0.0526. The van der Waals surface area contributed by atoms with Crippen LogP contribution in [-0.4, -0.2) is 17.1 Å². The van der Waals surface area contributed by atoms with E-state index in [0.29, 0.717) is 23.3 Å². The first-order chi connectivity index (χ1) is 12.3. The molecule has 6 heteroatoms. The van der Waals surface area contributed by atoms with Crippen molar-refractivity contribution in [2.75, 3.05) is 12.4 Å². The molecule has 6 nitrogen and oxygen atoms in total. The van der Waals surface area contributed by atoms with Crippen molar-refractivity contribution in [3.63, 3.8) is 0 Å². The summed E-state index contributed by atoms with van der Waals surface area (Å²) in [4.78, 5) is 8.20. The number of ether oxygens (including phenoxy) is 1. The third-order valence-electron chi connectivity index (χ3n) is 3.71. The summed E-state index contributed by atoms with van der Waals surface area (Å²) in [6, 6.07) is 15.9. The number of methoxy groups -OCH3 is 1. The van der Waals surface area contributed by atoms with Crippen molar-refractivity contribution >= 4 is 11.7 Å². The Balaban J connectivity index is 1.58. The van der Waals surface area contributed by atoms with E-state index in [0.717, 1.165) is 16.8 Å². The van der Waals surface area contributed by atoms with Gasteiger partial charge in [0.25, 0.3) is 6.01 Å². The number of aromatic nitrogens is 2. The summed E-state index contributed by atoms with van der Waals surface area (Å²) in [6.07, 6.45) is 4.72. The van der Waals surface area contributed by atoms with Crippen LogP contribution in [0.4, 0.5) is 11.7 Å². The van der Waals surface area contributed by atoms with Crippen LogP contribution in [0.2, 0.25) is 0 Å². The summed E-state index contributed by atoms with van der Waals surface area (Å²) in [5.74, 6) is 2.01. The maximum absolute atomic E-state index is 5.76. The van der Waals surface area contributed by atoms with Crippen molar-refractivity contribution in [2.24, 2.45) is 0 Å². The maximum Gasteiger partial charge on any atom is 0.299 e. The summed E-state index contributed by atoms with van der Waals surface area (Å²) < 4.78 is 16.5. The zero-order valence-electron chi connectivity index (χ0n) is 13.5.